The van der Waals surface area contributed by atoms with E-state index < -0.39 is 0 Å². The molecule has 14 heavy (non-hydrogen) atoms. The van der Waals surface area contributed by atoms with E-state index in [-0.39, 0.29) is 17.9 Å². The Balaban J connectivity index is 3.99. The molecule has 0 aliphatic heterocycles. The van der Waals surface area contributed by atoms with Crippen molar-refractivity contribution in [1.82, 2.24) is 9.80 Å². The van der Waals surface area contributed by atoms with Crippen molar-refractivity contribution in [3.8, 4) is 0 Å². The zero-order valence-electron chi connectivity index (χ0n) is 9.95. The minimum atomic E-state index is -0.373. The van der Waals surface area contributed by atoms with E-state index in [1.54, 1.807) is 11.9 Å². The first-order valence-corrected chi connectivity index (χ1v) is 5.01. The van der Waals surface area contributed by atoms with Crippen LogP contribution in [0.1, 0.15) is 13.8 Å². The van der Waals surface area contributed by atoms with Gasteiger partial charge in [-0.15, -0.1) is 0 Å². The van der Waals surface area contributed by atoms with Gasteiger partial charge in [0.25, 0.3) is 0 Å². The van der Waals surface area contributed by atoms with Crippen LogP contribution in [-0.2, 0) is 4.79 Å². The number of amides is 1. The monoisotopic (exact) mass is 201 g/mol. The predicted octanol–water partition coefficient (Wildman–Crippen LogP) is -0.0103. The van der Waals surface area contributed by atoms with Gasteiger partial charge >= 0.3 is 0 Å². The molecule has 0 fully saturated rings. The van der Waals surface area contributed by atoms with Crippen LogP contribution < -0.4 is 5.73 Å². The Labute approximate surface area is 87.0 Å². The van der Waals surface area contributed by atoms with Crippen molar-refractivity contribution in [2.75, 3.05) is 34.2 Å². The molecule has 0 aromatic carbocycles. The van der Waals surface area contributed by atoms with Gasteiger partial charge in [-0.25, -0.2) is 0 Å². The number of rotatable bonds is 5. The summed E-state index contributed by atoms with van der Waals surface area (Å²) >= 11 is 0. The minimum absolute atomic E-state index is 0.0295. The molecular formula is C10H23N3O. The molecule has 0 aromatic heterocycles. The first-order valence-electron chi connectivity index (χ1n) is 5.01. The molecule has 84 valence electrons. The van der Waals surface area contributed by atoms with E-state index in [2.05, 4.69) is 0 Å². The third-order valence-corrected chi connectivity index (χ3v) is 2.26. The Kier molecular flexibility index (Phi) is 5.72. The maximum atomic E-state index is 11.7. The van der Waals surface area contributed by atoms with Crippen LogP contribution in [0, 0.1) is 5.92 Å². The summed E-state index contributed by atoms with van der Waals surface area (Å²) in [6, 6.07) is -0.373. The number of likely N-dealkylation sites (N-methyl/N-ethyl adjacent to an activating group) is 2. The number of nitrogens with two attached hydrogens (primary N) is 1. The fourth-order valence-electron chi connectivity index (χ4n) is 1.000. The topological polar surface area (TPSA) is 49.6 Å². The Hall–Kier alpha value is -0.610. The summed E-state index contributed by atoms with van der Waals surface area (Å²) in [5, 5.41) is 0. The van der Waals surface area contributed by atoms with Crippen molar-refractivity contribution in [3.63, 3.8) is 0 Å². The van der Waals surface area contributed by atoms with Crippen molar-refractivity contribution in [2.45, 2.75) is 19.9 Å². The molecule has 2 N–H and O–H groups in total. The van der Waals surface area contributed by atoms with Gasteiger partial charge in [-0.05, 0) is 20.0 Å². The second-order valence-corrected chi connectivity index (χ2v) is 4.33. The summed E-state index contributed by atoms with van der Waals surface area (Å²) in [7, 11) is 5.77. The molecule has 4 nitrogen and oxygen atoms in total. The van der Waals surface area contributed by atoms with Crippen LogP contribution in [0.25, 0.3) is 0 Å². The number of carbonyl (C=O) groups excluding carboxylic acids is 1. The van der Waals surface area contributed by atoms with Gasteiger partial charge < -0.3 is 15.5 Å². The molecule has 0 aromatic rings. The smallest absolute Gasteiger partial charge is 0.239 e. The average Bonchev–Trinajstić information content (AvgIpc) is 2.11. The Morgan fingerprint density at radius 1 is 1.21 bits per heavy atom. The van der Waals surface area contributed by atoms with Gasteiger partial charge in [-0.3, -0.25) is 4.79 Å². The maximum absolute atomic E-state index is 11.7. The van der Waals surface area contributed by atoms with Gasteiger partial charge in [0.2, 0.25) is 5.91 Å². The number of hydrogen-bond donors (Lipinski definition) is 1. The molecule has 0 saturated heterocycles. The summed E-state index contributed by atoms with van der Waals surface area (Å²) in [5.74, 6) is 0.228. The van der Waals surface area contributed by atoms with Gasteiger partial charge in [0.1, 0.15) is 0 Å². The molecule has 4 heteroatoms. The van der Waals surface area contributed by atoms with Gasteiger partial charge in [-0.2, -0.15) is 0 Å². The minimum Gasteiger partial charge on any atom is -0.343 e. The van der Waals surface area contributed by atoms with E-state index in [1.807, 2.05) is 32.8 Å². The van der Waals surface area contributed by atoms with Crippen molar-refractivity contribution in [2.24, 2.45) is 11.7 Å². The molecule has 0 spiro atoms. The van der Waals surface area contributed by atoms with Gasteiger partial charge in [0.15, 0.2) is 0 Å². The van der Waals surface area contributed by atoms with Crippen molar-refractivity contribution in [3.05, 3.63) is 0 Å². The fraction of sp³-hybridized carbons (Fsp3) is 0.900. The molecule has 1 atom stereocenters. The molecule has 0 heterocycles. The largest absolute Gasteiger partial charge is 0.343 e. The molecule has 0 radical (unpaired) electrons. The SMILES string of the molecule is CC(C)[C@H](N)C(=O)N(C)CCN(C)C. The van der Waals surface area contributed by atoms with E-state index in [0.29, 0.717) is 0 Å². The van der Waals surface area contributed by atoms with E-state index in [4.69, 9.17) is 5.73 Å². The highest BCUT2D eigenvalue weighted by Crippen LogP contribution is 2.01. The zero-order valence-corrected chi connectivity index (χ0v) is 9.95. The lowest BCUT2D eigenvalue weighted by Crippen LogP contribution is -2.46. The second-order valence-electron chi connectivity index (χ2n) is 4.33. The lowest BCUT2D eigenvalue weighted by molar-refractivity contribution is -0.132. The lowest BCUT2D eigenvalue weighted by Gasteiger charge is -2.24. The quantitative estimate of drug-likeness (QED) is 0.680. The predicted molar refractivity (Wildman–Crippen MR) is 59.0 cm³/mol. The van der Waals surface area contributed by atoms with Crippen LogP contribution in [0.5, 0.6) is 0 Å². The Morgan fingerprint density at radius 2 is 1.71 bits per heavy atom. The summed E-state index contributed by atoms with van der Waals surface area (Å²) in [6.07, 6.45) is 0. The highest BCUT2D eigenvalue weighted by molar-refractivity contribution is 5.81. The Morgan fingerprint density at radius 3 is 2.07 bits per heavy atom. The molecule has 1 amide bonds. The lowest BCUT2D eigenvalue weighted by atomic mass is 10.0. The van der Waals surface area contributed by atoms with Crippen LogP contribution in [-0.4, -0.2) is 56.0 Å². The summed E-state index contributed by atoms with van der Waals surface area (Å²) in [6.45, 7) is 5.52. The molecule has 0 aliphatic carbocycles. The third-order valence-electron chi connectivity index (χ3n) is 2.26. The number of carbonyl (C=O) groups is 1. The van der Waals surface area contributed by atoms with Crippen LogP contribution >= 0.6 is 0 Å². The van der Waals surface area contributed by atoms with Crippen LogP contribution in [0.15, 0.2) is 0 Å². The van der Waals surface area contributed by atoms with Crippen molar-refractivity contribution < 1.29 is 4.79 Å². The number of hydrogen-bond acceptors (Lipinski definition) is 3. The summed E-state index contributed by atoms with van der Waals surface area (Å²) in [4.78, 5) is 15.4. The Bertz CT molecular complexity index is 180. The molecule has 0 aliphatic rings. The van der Waals surface area contributed by atoms with Gasteiger partial charge in [0.05, 0.1) is 6.04 Å². The molecule has 0 rings (SSSR count). The maximum Gasteiger partial charge on any atom is 0.239 e. The van der Waals surface area contributed by atoms with Gasteiger partial charge in [-0.1, -0.05) is 13.8 Å². The van der Waals surface area contributed by atoms with E-state index in [9.17, 15) is 4.79 Å². The van der Waals surface area contributed by atoms with Crippen LogP contribution in [0.4, 0.5) is 0 Å². The van der Waals surface area contributed by atoms with Crippen LogP contribution in [0.2, 0.25) is 0 Å². The summed E-state index contributed by atoms with van der Waals surface area (Å²) in [5.41, 5.74) is 5.76. The average molecular weight is 201 g/mol. The van der Waals surface area contributed by atoms with E-state index in [1.165, 1.54) is 0 Å². The second kappa shape index (κ2) is 5.98. The molecular weight excluding hydrogens is 178 g/mol. The highest BCUT2D eigenvalue weighted by Gasteiger charge is 2.20. The highest BCUT2D eigenvalue weighted by atomic mass is 16.2. The van der Waals surface area contributed by atoms with Crippen LogP contribution in [0.3, 0.4) is 0 Å². The standard InChI is InChI=1S/C10H23N3O/c1-8(2)9(11)10(14)13(5)7-6-12(3)4/h8-9H,6-7,11H2,1-5H3/t9-/m0/s1. The fourth-order valence-corrected chi connectivity index (χ4v) is 1.000. The number of nitrogens with zero attached hydrogens (tertiary/aromatic N) is 2. The third kappa shape index (κ3) is 4.58. The van der Waals surface area contributed by atoms with E-state index >= 15 is 0 Å². The first kappa shape index (κ1) is 13.4. The molecule has 0 bridgehead atoms. The molecule has 0 unspecified atom stereocenters. The molecule has 0 saturated carbocycles. The first-order chi connectivity index (χ1) is 6.36. The van der Waals surface area contributed by atoms with E-state index in [0.717, 1.165) is 13.1 Å². The normalized spacial score (nSPS) is 13.4. The van der Waals surface area contributed by atoms with Gasteiger partial charge in [0, 0.05) is 20.1 Å². The summed E-state index contributed by atoms with van der Waals surface area (Å²) < 4.78 is 0. The van der Waals surface area contributed by atoms with Crippen molar-refractivity contribution >= 4 is 5.91 Å². The zero-order chi connectivity index (χ0) is 11.3. The van der Waals surface area contributed by atoms with Crippen molar-refractivity contribution in [1.29, 1.82) is 0 Å².